The molecule has 3 rings (SSSR count). The molecule has 0 atom stereocenters. The summed E-state index contributed by atoms with van der Waals surface area (Å²) in [6, 6.07) is 12.3. The zero-order valence-corrected chi connectivity index (χ0v) is 15.6. The number of rotatable bonds is 6. The van der Waals surface area contributed by atoms with Crippen molar-refractivity contribution in [1.29, 1.82) is 0 Å². The Kier molecular flexibility index (Phi) is 5.68. The third-order valence-corrected chi connectivity index (χ3v) is 4.49. The first-order valence-corrected chi connectivity index (χ1v) is 9.01. The molecule has 0 unspecified atom stereocenters. The van der Waals surface area contributed by atoms with Gasteiger partial charge in [-0.15, -0.1) is 0 Å². The van der Waals surface area contributed by atoms with E-state index in [2.05, 4.69) is 26.2 Å². The van der Waals surface area contributed by atoms with E-state index in [1.54, 1.807) is 24.3 Å². The lowest BCUT2D eigenvalue weighted by Crippen LogP contribution is -2.33. The molecule has 3 aromatic rings. The fourth-order valence-electron chi connectivity index (χ4n) is 2.64. The second-order valence-corrected chi connectivity index (χ2v) is 6.87. The highest BCUT2D eigenvalue weighted by atomic mass is 79.9. The normalized spacial score (nSPS) is 10.8. The van der Waals surface area contributed by atoms with Crippen LogP contribution in [0, 0.1) is 0 Å². The molecule has 0 fully saturated rings. The number of aromatic nitrogens is 2. The Bertz CT molecular complexity index is 983. The summed E-state index contributed by atoms with van der Waals surface area (Å²) in [5, 5.41) is 12.5. The van der Waals surface area contributed by atoms with Crippen molar-refractivity contribution in [2.75, 3.05) is 6.54 Å². The zero-order valence-electron chi connectivity index (χ0n) is 14.0. The van der Waals surface area contributed by atoms with Gasteiger partial charge in [-0.1, -0.05) is 28.1 Å². The molecule has 134 valence electrons. The predicted molar refractivity (Wildman–Crippen MR) is 103 cm³/mol. The fourth-order valence-corrected chi connectivity index (χ4v) is 3.00. The summed E-state index contributed by atoms with van der Waals surface area (Å²) in [6.07, 6.45) is 2.97. The molecule has 1 aromatic heterocycles. The Balaban J connectivity index is 1.55. The number of phenols is 1. The first-order chi connectivity index (χ1) is 12.5. The van der Waals surface area contributed by atoms with E-state index in [9.17, 15) is 14.7 Å². The number of carbonyl (C=O) groups is 1. The number of phenolic OH excluding ortho intramolecular Hbond substituents is 1. The van der Waals surface area contributed by atoms with Crippen LogP contribution in [0.2, 0.25) is 0 Å². The van der Waals surface area contributed by atoms with Crippen molar-refractivity contribution in [2.24, 2.45) is 0 Å². The van der Waals surface area contributed by atoms with E-state index in [1.165, 1.54) is 10.9 Å². The van der Waals surface area contributed by atoms with E-state index in [0.717, 1.165) is 22.9 Å². The number of nitrogens with zero attached hydrogens (tertiary/aromatic N) is 2. The lowest BCUT2D eigenvalue weighted by molar-refractivity contribution is -0.121. The van der Waals surface area contributed by atoms with E-state index in [4.69, 9.17) is 0 Å². The molecule has 1 amide bonds. The number of hydrogen-bond acceptors (Lipinski definition) is 4. The molecular weight excluding hydrogens is 398 g/mol. The van der Waals surface area contributed by atoms with Gasteiger partial charge >= 0.3 is 0 Å². The number of halogens is 1. The second kappa shape index (κ2) is 8.14. The molecule has 0 aliphatic heterocycles. The molecule has 2 aromatic carbocycles. The third-order valence-electron chi connectivity index (χ3n) is 4.00. The molecule has 7 heteroatoms. The zero-order chi connectivity index (χ0) is 18.5. The lowest BCUT2D eigenvalue weighted by Gasteiger charge is -2.08. The molecule has 26 heavy (non-hydrogen) atoms. The Morgan fingerprint density at radius 3 is 2.73 bits per heavy atom. The number of hydrogen-bond donors (Lipinski definition) is 2. The summed E-state index contributed by atoms with van der Waals surface area (Å²) in [4.78, 5) is 28.8. The van der Waals surface area contributed by atoms with E-state index in [1.807, 2.05) is 18.2 Å². The summed E-state index contributed by atoms with van der Waals surface area (Å²) in [5.74, 6) is 0.0115. The van der Waals surface area contributed by atoms with Gasteiger partial charge in [0.15, 0.2) is 0 Å². The van der Waals surface area contributed by atoms with Crippen molar-refractivity contribution >= 4 is 32.7 Å². The maximum Gasteiger partial charge on any atom is 0.261 e. The average molecular weight is 416 g/mol. The topological polar surface area (TPSA) is 84.2 Å². The van der Waals surface area contributed by atoms with Gasteiger partial charge in [0, 0.05) is 11.0 Å². The summed E-state index contributed by atoms with van der Waals surface area (Å²) in [5.41, 5.74) is 1.46. The number of benzene rings is 2. The summed E-state index contributed by atoms with van der Waals surface area (Å²) in [6.45, 7) is 0.453. The van der Waals surface area contributed by atoms with Crippen molar-refractivity contribution in [1.82, 2.24) is 14.9 Å². The number of nitrogens with one attached hydrogen (secondary N) is 1. The van der Waals surface area contributed by atoms with Crippen LogP contribution in [0.4, 0.5) is 0 Å². The smallest absolute Gasteiger partial charge is 0.261 e. The van der Waals surface area contributed by atoms with Gasteiger partial charge in [0.25, 0.3) is 5.56 Å². The standard InChI is InChI=1S/C19H18BrN3O3/c20-14-5-8-17-16(10-14)19(26)23(12-22-17)11-18(25)21-9-1-2-13-3-6-15(24)7-4-13/h3-8,10,12,24H,1-2,9,11H2,(H,21,25). The monoisotopic (exact) mass is 415 g/mol. The molecular formula is C19H18BrN3O3. The fraction of sp³-hybridized carbons (Fsp3) is 0.211. The Morgan fingerprint density at radius 2 is 1.96 bits per heavy atom. The lowest BCUT2D eigenvalue weighted by atomic mass is 10.1. The first-order valence-electron chi connectivity index (χ1n) is 8.22. The minimum atomic E-state index is -0.240. The molecule has 0 aliphatic carbocycles. The van der Waals surface area contributed by atoms with Gasteiger partial charge in [0.05, 0.1) is 17.2 Å². The van der Waals surface area contributed by atoms with Crippen LogP contribution in [0.15, 0.2) is 58.1 Å². The van der Waals surface area contributed by atoms with Crippen LogP contribution in [0.3, 0.4) is 0 Å². The van der Waals surface area contributed by atoms with Gasteiger partial charge in [-0.3, -0.25) is 14.2 Å². The van der Waals surface area contributed by atoms with Crippen molar-refractivity contribution in [3.63, 3.8) is 0 Å². The van der Waals surface area contributed by atoms with Gasteiger partial charge in [0.2, 0.25) is 5.91 Å². The highest BCUT2D eigenvalue weighted by Gasteiger charge is 2.08. The molecule has 2 N–H and O–H groups in total. The summed E-state index contributed by atoms with van der Waals surface area (Å²) < 4.78 is 2.10. The minimum Gasteiger partial charge on any atom is -0.508 e. The van der Waals surface area contributed by atoms with Crippen molar-refractivity contribution in [3.8, 4) is 5.75 Å². The van der Waals surface area contributed by atoms with E-state index in [-0.39, 0.29) is 23.8 Å². The van der Waals surface area contributed by atoms with Crippen LogP contribution in [0.25, 0.3) is 10.9 Å². The van der Waals surface area contributed by atoms with E-state index in [0.29, 0.717) is 17.4 Å². The Labute approximate surface area is 158 Å². The third kappa shape index (κ3) is 4.49. The number of carbonyl (C=O) groups excluding carboxylic acids is 1. The first kappa shape index (κ1) is 18.1. The van der Waals surface area contributed by atoms with Crippen molar-refractivity contribution < 1.29 is 9.90 Å². The molecule has 6 nitrogen and oxygen atoms in total. The largest absolute Gasteiger partial charge is 0.508 e. The number of fused-ring (bicyclic) bond motifs is 1. The van der Waals surface area contributed by atoms with Crippen LogP contribution < -0.4 is 10.9 Å². The maximum absolute atomic E-state index is 12.5. The van der Waals surface area contributed by atoms with Crippen LogP contribution in [0.1, 0.15) is 12.0 Å². The molecule has 0 saturated carbocycles. The molecule has 0 spiro atoms. The minimum absolute atomic E-state index is 0.0620. The number of aryl methyl sites for hydroxylation is 1. The SMILES string of the molecule is O=C(Cn1cnc2ccc(Br)cc2c1=O)NCCCc1ccc(O)cc1. The highest BCUT2D eigenvalue weighted by Crippen LogP contribution is 2.14. The second-order valence-electron chi connectivity index (χ2n) is 5.96. The summed E-state index contributed by atoms with van der Waals surface area (Å²) >= 11 is 3.34. The van der Waals surface area contributed by atoms with Crippen LogP contribution in [-0.2, 0) is 17.8 Å². The molecule has 0 radical (unpaired) electrons. The van der Waals surface area contributed by atoms with E-state index < -0.39 is 0 Å². The molecule has 0 aliphatic rings. The Hall–Kier alpha value is -2.67. The van der Waals surface area contributed by atoms with E-state index >= 15 is 0 Å². The summed E-state index contributed by atoms with van der Waals surface area (Å²) in [7, 11) is 0. The van der Waals surface area contributed by atoms with Gasteiger partial charge in [0.1, 0.15) is 12.3 Å². The number of aromatic hydroxyl groups is 1. The quantitative estimate of drug-likeness (QED) is 0.606. The van der Waals surface area contributed by atoms with Gasteiger partial charge in [-0.05, 0) is 48.7 Å². The van der Waals surface area contributed by atoms with Gasteiger partial charge < -0.3 is 10.4 Å². The molecule has 1 heterocycles. The van der Waals surface area contributed by atoms with Crippen molar-refractivity contribution in [2.45, 2.75) is 19.4 Å². The molecule has 0 bridgehead atoms. The van der Waals surface area contributed by atoms with Gasteiger partial charge in [-0.2, -0.15) is 0 Å². The van der Waals surface area contributed by atoms with Crippen LogP contribution in [-0.4, -0.2) is 27.1 Å². The van der Waals surface area contributed by atoms with Crippen molar-refractivity contribution in [3.05, 3.63) is 69.2 Å². The molecule has 0 saturated heterocycles. The van der Waals surface area contributed by atoms with Gasteiger partial charge in [-0.25, -0.2) is 4.98 Å². The highest BCUT2D eigenvalue weighted by molar-refractivity contribution is 9.10. The average Bonchev–Trinajstić information content (AvgIpc) is 2.63. The number of amides is 1. The maximum atomic E-state index is 12.5. The van der Waals surface area contributed by atoms with Crippen LogP contribution >= 0.6 is 15.9 Å². The van der Waals surface area contributed by atoms with Crippen LogP contribution in [0.5, 0.6) is 5.75 Å². The predicted octanol–water partition coefficient (Wildman–Crippen LogP) is 2.61. The Morgan fingerprint density at radius 1 is 1.19 bits per heavy atom.